The summed E-state index contributed by atoms with van der Waals surface area (Å²) >= 11 is 0. The zero-order valence-corrected chi connectivity index (χ0v) is 8.29. The number of hydrogen-bond donors (Lipinski definition) is 1. The van der Waals surface area contributed by atoms with Gasteiger partial charge in [-0.2, -0.15) is 22.0 Å². The molecule has 0 rings (SSSR count). The molecule has 0 bridgehead atoms. The molecule has 0 radical (unpaired) electrons. The van der Waals surface area contributed by atoms with E-state index in [1.54, 1.807) is 12.2 Å². The van der Waals surface area contributed by atoms with Crippen LogP contribution >= 0.6 is 0 Å². The Morgan fingerprint density at radius 2 is 1.73 bits per heavy atom. The van der Waals surface area contributed by atoms with E-state index in [4.69, 9.17) is 0 Å². The van der Waals surface area contributed by atoms with Crippen molar-refractivity contribution in [3.8, 4) is 0 Å². The predicted octanol–water partition coefficient (Wildman–Crippen LogP) is 2.49. The fourth-order valence-corrected chi connectivity index (χ4v) is 0.948. The second kappa shape index (κ2) is 4.76. The number of carbonyl (C=O) groups excluding carboxylic acids is 1. The molecule has 0 fully saturated rings. The van der Waals surface area contributed by atoms with Crippen LogP contribution in [0, 0.1) is 0 Å². The summed E-state index contributed by atoms with van der Waals surface area (Å²) in [5, 5.41) is 1.62. The third kappa shape index (κ3) is 3.64. The Bertz CT molecular complexity index is 226. The maximum Gasteiger partial charge on any atom is 0.463 e. The summed E-state index contributed by atoms with van der Waals surface area (Å²) in [6.45, 7) is 3.10. The van der Waals surface area contributed by atoms with Crippen molar-refractivity contribution < 1.29 is 26.7 Å². The van der Waals surface area contributed by atoms with Gasteiger partial charge in [-0.1, -0.05) is 13.3 Å². The Kier molecular flexibility index (Phi) is 4.48. The Hall–Kier alpha value is -0.880. The molecule has 90 valence electrons. The molecule has 0 aliphatic rings. The largest absolute Gasteiger partial charge is 0.463 e. The van der Waals surface area contributed by atoms with Crippen molar-refractivity contribution in [3.63, 3.8) is 0 Å². The highest BCUT2D eigenvalue weighted by atomic mass is 19.4. The van der Waals surface area contributed by atoms with Gasteiger partial charge in [0.2, 0.25) is 0 Å². The molecule has 0 saturated carbocycles. The van der Waals surface area contributed by atoms with Gasteiger partial charge in [0.25, 0.3) is 0 Å². The molecular formula is C8H12F5NO. The molecule has 0 aromatic rings. The van der Waals surface area contributed by atoms with E-state index in [-0.39, 0.29) is 0 Å². The van der Waals surface area contributed by atoms with Crippen LogP contribution in [0.2, 0.25) is 0 Å². The van der Waals surface area contributed by atoms with Gasteiger partial charge in [-0.15, -0.1) is 0 Å². The highest BCUT2D eigenvalue weighted by Gasteiger charge is 2.63. The minimum absolute atomic E-state index is 0.347. The third-order valence-corrected chi connectivity index (χ3v) is 1.74. The summed E-state index contributed by atoms with van der Waals surface area (Å²) in [5.41, 5.74) is 0. The smallest absolute Gasteiger partial charge is 0.348 e. The quantitative estimate of drug-likeness (QED) is 0.742. The molecule has 7 heteroatoms. The van der Waals surface area contributed by atoms with Crippen molar-refractivity contribution in [1.29, 1.82) is 0 Å². The van der Waals surface area contributed by atoms with Crippen LogP contribution in [0.15, 0.2) is 0 Å². The molecule has 0 aromatic carbocycles. The van der Waals surface area contributed by atoms with Crippen molar-refractivity contribution in [2.75, 3.05) is 0 Å². The van der Waals surface area contributed by atoms with Gasteiger partial charge in [-0.05, 0) is 13.3 Å². The van der Waals surface area contributed by atoms with E-state index in [1.165, 1.54) is 6.92 Å². The number of nitrogens with one attached hydrogen (secondary N) is 1. The van der Waals surface area contributed by atoms with E-state index in [0.717, 1.165) is 0 Å². The van der Waals surface area contributed by atoms with E-state index < -0.39 is 24.0 Å². The van der Waals surface area contributed by atoms with Crippen LogP contribution in [0.25, 0.3) is 0 Å². The monoisotopic (exact) mass is 233 g/mol. The topological polar surface area (TPSA) is 29.1 Å². The number of rotatable bonds is 4. The fourth-order valence-electron chi connectivity index (χ4n) is 0.948. The SMILES string of the molecule is CCCC(C)NC(=O)C(F)(F)C(F)(F)F. The Balaban J connectivity index is 4.45. The van der Waals surface area contributed by atoms with E-state index in [2.05, 4.69) is 0 Å². The van der Waals surface area contributed by atoms with Crippen LogP contribution < -0.4 is 5.32 Å². The van der Waals surface area contributed by atoms with Gasteiger partial charge in [0.15, 0.2) is 0 Å². The molecular weight excluding hydrogens is 221 g/mol. The summed E-state index contributed by atoms with van der Waals surface area (Å²) in [6.07, 6.45) is -4.91. The van der Waals surface area contributed by atoms with Crippen LogP contribution in [0.4, 0.5) is 22.0 Å². The predicted molar refractivity (Wildman–Crippen MR) is 43.5 cm³/mol. The lowest BCUT2D eigenvalue weighted by molar-refractivity contribution is -0.270. The Morgan fingerprint density at radius 1 is 1.27 bits per heavy atom. The summed E-state index contributed by atoms with van der Waals surface area (Å²) in [6, 6.07) is -0.698. The van der Waals surface area contributed by atoms with Crippen LogP contribution in [0.5, 0.6) is 0 Å². The van der Waals surface area contributed by atoms with Gasteiger partial charge >= 0.3 is 18.0 Å². The van der Waals surface area contributed by atoms with Crippen molar-refractivity contribution in [2.24, 2.45) is 0 Å². The molecule has 0 aromatic heterocycles. The Morgan fingerprint density at radius 3 is 2.07 bits per heavy atom. The average Bonchev–Trinajstić information content (AvgIpc) is 2.02. The molecule has 1 N–H and O–H groups in total. The van der Waals surface area contributed by atoms with Crippen molar-refractivity contribution >= 4 is 5.91 Å². The van der Waals surface area contributed by atoms with E-state index >= 15 is 0 Å². The average molecular weight is 233 g/mol. The summed E-state index contributed by atoms with van der Waals surface area (Å²) in [7, 11) is 0. The number of carbonyl (C=O) groups is 1. The van der Waals surface area contributed by atoms with Gasteiger partial charge < -0.3 is 5.32 Å². The second-order valence-electron chi connectivity index (χ2n) is 3.24. The number of amides is 1. The van der Waals surface area contributed by atoms with E-state index in [1.807, 2.05) is 0 Å². The summed E-state index contributed by atoms with van der Waals surface area (Å²) < 4.78 is 59.9. The van der Waals surface area contributed by atoms with Gasteiger partial charge in [0.1, 0.15) is 0 Å². The lowest BCUT2D eigenvalue weighted by atomic mass is 10.2. The normalized spacial score (nSPS) is 14.9. The molecule has 1 amide bonds. The first-order chi connectivity index (χ1) is 6.63. The highest BCUT2D eigenvalue weighted by Crippen LogP contribution is 2.35. The van der Waals surface area contributed by atoms with Crippen LogP contribution in [0.1, 0.15) is 26.7 Å². The lowest BCUT2D eigenvalue weighted by Gasteiger charge is -2.21. The van der Waals surface area contributed by atoms with Crippen LogP contribution in [-0.2, 0) is 4.79 Å². The molecule has 2 nitrogen and oxygen atoms in total. The van der Waals surface area contributed by atoms with Crippen molar-refractivity contribution in [2.45, 2.75) is 44.8 Å². The molecule has 0 spiro atoms. The first-order valence-corrected chi connectivity index (χ1v) is 4.38. The van der Waals surface area contributed by atoms with Gasteiger partial charge in [-0.3, -0.25) is 4.79 Å². The maximum absolute atomic E-state index is 12.4. The van der Waals surface area contributed by atoms with Gasteiger partial charge in [0, 0.05) is 6.04 Å². The first-order valence-electron chi connectivity index (χ1n) is 4.38. The summed E-state index contributed by atoms with van der Waals surface area (Å²) in [4.78, 5) is 10.6. The first kappa shape index (κ1) is 14.1. The van der Waals surface area contributed by atoms with Gasteiger partial charge in [-0.25, -0.2) is 0 Å². The second-order valence-corrected chi connectivity index (χ2v) is 3.24. The lowest BCUT2D eigenvalue weighted by Crippen LogP contribution is -2.52. The van der Waals surface area contributed by atoms with Crippen LogP contribution in [-0.4, -0.2) is 24.0 Å². The van der Waals surface area contributed by atoms with Crippen molar-refractivity contribution in [3.05, 3.63) is 0 Å². The standard InChI is InChI=1S/C8H12F5NO/c1-3-4-5(2)14-6(15)7(9,10)8(11,12)13/h5H,3-4H2,1-2H3,(H,14,15). The number of hydrogen-bond acceptors (Lipinski definition) is 1. The maximum atomic E-state index is 12.4. The Labute approximate surface area is 83.8 Å². The molecule has 0 aliphatic heterocycles. The molecule has 1 atom stereocenters. The molecule has 1 unspecified atom stereocenters. The molecule has 0 aliphatic carbocycles. The minimum Gasteiger partial charge on any atom is -0.348 e. The zero-order chi connectivity index (χ0) is 12.3. The van der Waals surface area contributed by atoms with Gasteiger partial charge in [0.05, 0.1) is 0 Å². The minimum atomic E-state index is -5.84. The third-order valence-electron chi connectivity index (χ3n) is 1.74. The summed E-state index contributed by atoms with van der Waals surface area (Å²) in [5.74, 6) is -7.62. The van der Waals surface area contributed by atoms with Crippen LogP contribution in [0.3, 0.4) is 0 Å². The van der Waals surface area contributed by atoms with E-state index in [0.29, 0.717) is 12.8 Å². The van der Waals surface area contributed by atoms with E-state index in [9.17, 15) is 26.7 Å². The molecule has 0 saturated heterocycles. The fraction of sp³-hybridized carbons (Fsp3) is 0.875. The number of alkyl halides is 5. The zero-order valence-electron chi connectivity index (χ0n) is 8.29. The van der Waals surface area contributed by atoms with Crippen molar-refractivity contribution in [1.82, 2.24) is 5.32 Å². The molecule has 15 heavy (non-hydrogen) atoms. The highest BCUT2D eigenvalue weighted by molar-refractivity contribution is 5.84. The number of halogens is 5. The molecule has 0 heterocycles.